The highest BCUT2D eigenvalue weighted by Gasteiger charge is 2.34. The monoisotopic (exact) mass is 314 g/mol. The van der Waals surface area contributed by atoms with Crippen molar-refractivity contribution in [2.75, 3.05) is 12.9 Å². The summed E-state index contributed by atoms with van der Waals surface area (Å²) in [5, 5.41) is 13.5. The molecule has 0 radical (unpaired) electrons. The molecule has 5 heteroatoms. The molecule has 2 rings (SSSR count). The summed E-state index contributed by atoms with van der Waals surface area (Å²) < 4.78 is 5.19. The molecule has 0 amide bonds. The van der Waals surface area contributed by atoms with E-state index in [1.54, 1.807) is 6.92 Å². The Balaban J connectivity index is 2.61. The number of carbonyl (C=O) groups excluding carboxylic acids is 1. The molecule has 1 unspecified atom stereocenters. The topological polar surface area (TPSA) is 62.1 Å². The summed E-state index contributed by atoms with van der Waals surface area (Å²) >= 11 is 1.47. The number of nitriles is 1. The van der Waals surface area contributed by atoms with E-state index >= 15 is 0 Å². The van der Waals surface area contributed by atoms with Crippen LogP contribution < -0.4 is 5.32 Å². The highest BCUT2D eigenvalue weighted by Crippen LogP contribution is 2.40. The molecule has 1 atom stereocenters. The Labute approximate surface area is 134 Å². The lowest BCUT2D eigenvalue weighted by Gasteiger charge is -2.28. The van der Waals surface area contributed by atoms with E-state index in [-0.39, 0.29) is 5.97 Å². The predicted octanol–water partition coefficient (Wildman–Crippen LogP) is 3.31. The zero-order valence-electron chi connectivity index (χ0n) is 12.8. The van der Waals surface area contributed by atoms with Crippen LogP contribution in [0.4, 0.5) is 0 Å². The van der Waals surface area contributed by atoms with Crippen molar-refractivity contribution < 1.29 is 9.53 Å². The molecule has 1 N–H and O–H groups in total. The van der Waals surface area contributed by atoms with Crippen LogP contribution >= 0.6 is 11.8 Å². The maximum atomic E-state index is 12.4. The number of esters is 1. The van der Waals surface area contributed by atoms with Crippen molar-refractivity contribution in [3.05, 3.63) is 57.8 Å². The normalized spacial score (nSPS) is 17.8. The molecule has 114 valence electrons. The molecule has 0 aromatic heterocycles. The number of thioether (sulfide) groups is 1. The third kappa shape index (κ3) is 3.02. The summed E-state index contributed by atoms with van der Waals surface area (Å²) in [6.07, 6.45) is 1.91. The van der Waals surface area contributed by atoms with Crippen LogP contribution in [0.25, 0.3) is 0 Å². The van der Waals surface area contributed by atoms with Crippen LogP contribution in [0.1, 0.15) is 25.3 Å². The SMILES string of the molecule is CCOC(=O)C1=C(C)NC(SC)=C(C#N)C1c1ccccc1. The van der Waals surface area contributed by atoms with E-state index in [1.807, 2.05) is 43.5 Å². The minimum Gasteiger partial charge on any atom is -0.463 e. The Hall–Kier alpha value is -2.19. The van der Waals surface area contributed by atoms with Crippen molar-refractivity contribution in [3.8, 4) is 6.07 Å². The number of rotatable bonds is 4. The number of hydrogen-bond acceptors (Lipinski definition) is 5. The van der Waals surface area contributed by atoms with Crippen LogP contribution in [0, 0.1) is 11.3 Å². The van der Waals surface area contributed by atoms with Gasteiger partial charge in [-0.3, -0.25) is 0 Å². The number of nitrogens with zero attached hydrogens (tertiary/aromatic N) is 1. The van der Waals surface area contributed by atoms with Crippen LogP contribution in [-0.4, -0.2) is 18.8 Å². The molecule has 0 fully saturated rings. The Morgan fingerprint density at radius 2 is 2.09 bits per heavy atom. The second-order valence-corrected chi connectivity index (χ2v) is 5.60. The number of nitrogens with one attached hydrogen (secondary N) is 1. The number of dihydropyridines is 1. The fraction of sp³-hybridized carbons (Fsp3) is 0.294. The standard InChI is InChI=1S/C17H18N2O2S/c1-4-21-17(20)14-11(2)19-16(22-3)13(10-18)15(14)12-8-6-5-7-9-12/h5-9,15,19H,4H2,1-3H3. The lowest BCUT2D eigenvalue weighted by atomic mass is 9.82. The summed E-state index contributed by atoms with van der Waals surface area (Å²) in [7, 11) is 0. The van der Waals surface area contributed by atoms with Gasteiger partial charge in [-0.2, -0.15) is 5.26 Å². The van der Waals surface area contributed by atoms with Gasteiger partial charge < -0.3 is 10.1 Å². The van der Waals surface area contributed by atoms with Crippen LogP contribution in [0.15, 0.2) is 52.2 Å². The molecule has 22 heavy (non-hydrogen) atoms. The second-order valence-electron chi connectivity index (χ2n) is 4.79. The fourth-order valence-corrected chi connectivity index (χ4v) is 3.17. The quantitative estimate of drug-likeness (QED) is 0.864. The average Bonchev–Trinajstić information content (AvgIpc) is 2.54. The van der Waals surface area contributed by atoms with Crippen LogP contribution in [0.5, 0.6) is 0 Å². The maximum absolute atomic E-state index is 12.4. The first-order valence-electron chi connectivity index (χ1n) is 7.02. The van der Waals surface area contributed by atoms with Crippen molar-refractivity contribution in [1.29, 1.82) is 5.26 Å². The molecule has 1 aromatic rings. The molecule has 1 aliphatic heterocycles. The van der Waals surface area contributed by atoms with Crippen LogP contribution in [0.2, 0.25) is 0 Å². The average molecular weight is 314 g/mol. The third-order valence-electron chi connectivity index (χ3n) is 3.48. The summed E-state index contributed by atoms with van der Waals surface area (Å²) in [5.74, 6) is -0.775. The van der Waals surface area contributed by atoms with Crippen LogP contribution in [0.3, 0.4) is 0 Å². The van der Waals surface area contributed by atoms with Crippen molar-refractivity contribution in [3.63, 3.8) is 0 Å². The van der Waals surface area contributed by atoms with Gasteiger partial charge in [-0.25, -0.2) is 4.79 Å². The summed E-state index contributed by atoms with van der Waals surface area (Å²) in [6.45, 7) is 3.92. The van der Waals surface area contributed by atoms with Gasteiger partial charge in [-0.05, 0) is 25.7 Å². The lowest BCUT2D eigenvalue weighted by Crippen LogP contribution is -2.28. The Bertz CT molecular complexity index is 672. The molecule has 0 bridgehead atoms. The summed E-state index contributed by atoms with van der Waals surface area (Å²) in [6, 6.07) is 11.8. The van der Waals surface area contributed by atoms with Gasteiger partial charge in [0.25, 0.3) is 0 Å². The number of carbonyl (C=O) groups is 1. The number of allylic oxidation sites excluding steroid dienone is 2. The third-order valence-corrected chi connectivity index (χ3v) is 4.21. The predicted molar refractivity (Wildman–Crippen MR) is 87.8 cm³/mol. The molecule has 4 nitrogen and oxygen atoms in total. The Morgan fingerprint density at radius 1 is 1.41 bits per heavy atom. The van der Waals surface area contributed by atoms with E-state index in [1.165, 1.54) is 11.8 Å². The van der Waals surface area contributed by atoms with E-state index in [0.717, 1.165) is 16.3 Å². The molecular weight excluding hydrogens is 296 g/mol. The first kappa shape index (κ1) is 16.2. The van der Waals surface area contributed by atoms with E-state index in [2.05, 4.69) is 11.4 Å². The number of benzene rings is 1. The highest BCUT2D eigenvalue weighted by molar-refractivity contribution is 8.02. The zero-order valence-corrected chi connectivity index (χ0v) is 13.7. The molecule has 0 saturated heterocycles. The fourth-order valence-electron chi connectivity index (χ4n) is 2.53. The molecule has 1 aliphatic rings. The first-order valence-corrected chi connectivity index (χ1v) is 8.24. The molecule has 1 heterocycles. The molecule has 0 spiro atoms. The largest absolute Gasteiger partial charge is 0.463 e. The number of ether oxygens (including phenoxy) is 1. The highest BCUT2D eigenvalue weighted by atomic mass is 32.2. The minimum atomic E-state index is -0.394. The van der Waals surface area contributed by atoms with Gasteiger partial charge in [0.05, 0.1) is 34.8 Å². The summed E-state index contributed by atoms with van der Waals surface area (Å²) in [5.41, 5.74) is 2.69. The second kappa shape index (κ2) is 7.19. The van der Waals surface area contributed by atoms with Crippen molar-refractivity contribution in [1.82, 2.24) is 5.32 Å². The zero-order chi connectivity index (χ0) is 16.1. The first-order chi connectivity index (χ1) is 10.6. The smallest absolute Gasteiger partial charge is 0.336 e. The van der Waals surface area contributed by atoms with Gasteiger partial charge in [0.1, 0.15) is 0 Å². The Kier molecular flexibility index (Phi) is 5.29. The van der Waals surface area contributed by atoms with E-state index < -0.39 is 5.92 Å². The van der Waals surface area contributed by atoms with E-state index in [9.17, 15) is 10.1 Å². The summed E-state index contributed by atoms with van der Waals surface area (Å²) in [4.78, 5) is 12.4. The van der Waals surface area contributed by atoms with Gasteiger partial charge in [-0.1, -0.05) is 30.3 Å². The lowest BCUT2D eigenvalue weighted by molar-refractivity contribution is -0.138. The van der Waals surface area contributed by atoms with Gasteiger partial charge in [0.2, 0.25) is 0 Å². The number of hydrogen-bond donors (Lipinski definition) is 1. The Morgan fingerprint density at radius 3 is 2.64 bits per heavy atom. The minimum absolute atomic E-state index is 0.304. The van der Waals surface area contributed by atoms with Crippen LogP contribution in [-0.2, 0) is 9.53 Å². The van der Waals surface area contributed by atoms with E-state index in [4.69, 9.17) is 4.74 Å². The van der Waals surface area contributed by atoms with Gasteiger partial charge in [0.15, 0.2) is 0 Å². The van der Waals surface area contributed by atoms with Gasteiger partial charge in [-0.15, -0.1) is 11.8 Å². The van der Waals surface area contributed by atoms with Crippen molar-refractivity contribution >= 4 is 17.7 Å². The van der Waals surface area contributed by atoms with Gasteiger partial charge in [0, 0.05) is 5.70 Å². The van der Waals surface area contributed by atoms with E-state index in [0.29, 0.717) is 17.8 Å². The molecule has 0 aliphatic carbocycles. The molecular formula is C17H18N2O2S. The van der Waals surface area contributed by atoms with Gasteiger partial charge >= 0.3 is 5.97 Å². The maximum Gasteiger partial charge on any atom is 0.336 e. The van der Waals surface area contributed by atoms with Crippen molar-refractivity contribution in [2.24, 2.45) is 0 Å². The van der Waals surface area contributed by atoms with Crippen molar-refractivity contribution in [2.45, 2.75) is 19.8 Å². The molecule has 1 aromatic carbocycles. The molecule has 0 saturated carbocycles.